The molecule has 2 unspecified atom stereocenters. The Balaban J connectivity index is 2.05. The molecule has 1 saturated carbocycles. The highest BCUT2D eigenvalue weighted by Gasteiger charge is 2.36. The van der Waals surface area contributed by atoms with Gasteiger partial charge in [0.2, 0.25) is 0 Å². The van der Waals surface area contributed by atoms with Crippen molar-refractivity contribution in [2.75, 3.05) is 13.2 Å². The van der Waals surface area contributed by atoms with E-state index >= 15 is 0 Å². The van der Waals surface area contributed by atoms with Gasteiger partial charge in [-0.2, -0.15) is 0 Å². The van der Waals surface area contributed by atoms with Crippen molar-refractivity contribution < 1.29 is 4.74 Å². The molecule has 0 heterocycles. The highest BCUT2D eigenvalue weighted by Crippen LogP contribution is 2.36. The SMILES string of the molecule is CCCNC(Cc1cccc(Br)c1)C(OCC)C1CC1. The van der Waals surface area contributed by atoms with Gasteiger partial charge in [0.15, 0.2) is 0 Å². The van der Waals surface area contributed by atoms with Crippen molar-refractivity contribution >= 4 is 15.9 Å². The van der Waals surface area contributed by atoms with Crippen molar-refractivity contribution in [3.05, 3.63) is 34.3 Å². The first-order chi connectivity index (χ1) is 9.74. The first-order valence-corrected chi connectivity index (χ1v) is 8.63. The Labute approximate surface area is 131 Å². The van der Waals surface area contributed by atoms with Crippen LogP contribution in [0.1, 0.15) is 38.7 Å². The molecule has 0 bridgehead atoms. The van der Waals surface area contributed by atoms with Gasteiger partial charge >= 0.3 is 0 Å². The van der Waals surface area contributed by atoms with Gasteiger partial charge in [0.1, 0.15) is 0 Å². The van der Waals surface area contributed by atoms with Crippen molar-refractivity contribution in [3.8, 4) is 0 Å². The van der Waals surface area contributed by atoms with Crippen LogP contribution in [0.25, 0.3) is 0 Å². The van der Waals surface area contributed by atoms with E-state index in [4.69, 9.17) is 4.74 Å². The van der Waals surface area contributed by atoms with Crippen LogP contribution in [0.4, 0.5) is 0 Å². The third kappa shape index (κ3) is 4.87. The fourth-order valence-corrected chi connectivity index (χ4v) is 3.20. The minimum absolute atomic E-state index is 0.366. The van der Waals surface area contributed by atoms with E-state index in [0.29, 0.717) is 12.1 Å². The van der Waals surface area contributed by atoms with E-state index in [1.54, 1.807) is 0 Å². The third-order valence-corrected chi connectivity index (χ3v) is 4.34. The van der Waals surface area contributed by atoms with E-state index in [1.165, 1.54) is 24.8 Å². The van der Waals surface area contributed by atoms with Crippen LogP contribution in [0.2, 0.25) is 0 Å². The molecule has 20 heavy (non-hydrogen) atoms. The van der Waals surface area contributed by atoms with Gasteiger partial charge in [0.25, 0.3) is 0 Å². The standard InChI is InChI=1S/C17H26BrNO/c1-3-10-19-16(17(20-4-2)14-8-9-14)12-13-6-5-7-15(18)11-13/h5-7,11,14,16-17,19H,3-4,8-10,12H2,1-2H3. The molecule has 0 aliphatic heterocycles. The maximum atomic E-state index is 6.05. The van der Waals surface area contributed by atoms with Gasteiger partial charge in [-0.05, 0) is 62.8 Å². The van der Waals surface area contributed by atoms with Crippen molar-refractivity contribution in [1.29, 1.82) is 0 Å². The molecule has 1 aliphatic carbocycles. The number of rotatable bonds is 9. The second-order valence-electron chi connectivity index (χ2n) is 5.65. The van der Waals surface area contributed by atoms with Crippen molar-refractivity contribution in [1.82, 2.24) is 5.32 Å². The lowest BCUT2D eigenvalue weighted by Crippen LogP contribution is -2.44. The molecule has 2 atom stereocenters. The summed E-state index contributed by atoms with van der Waals surface area (Å²) in [7, 11) is 0. The van der Waals surface area contributed by atoms with Crippen LogP contribution in [0, 0.1) is 5.92 Å². The van der Waals surface area contributed by atoms with E-state index in [0.717, 1.165) is 30.0 Å². The zero-order valence-electron chi connectivity index (χ0n) is 12.6. The summed E-state index contributed by atoms with van der Waals surface area (Å²) >= 11 is 3.56. The Kier molecular flexibility index (Phi) is 6.53. The summed E-state index contributed by atoms with van der Waals surface area (Å²) in [4.78, 5) is 0. The summed E-state index contributed by atoms with van der Waals surface area (Å²) in [6, 6.07) is 9.05. The van der Waals surface area contributed by atoms with Crippen LogP contribution in [0.5, 0.6) is 0 Å². The van der Waals surface area contributed by atoms with Crippen molar-refractivity contribution in [3.63, 3.8) is 0 Å². The van der Waals surface area contributed by atoms with Gasteiger partial charge in [-0.3, -0.25) is 0 Å². The van der Waals surface area contributed by atoms with Gasteiger partial charge in [-0.15, -0.1) is 0 Å². The quantitative estimate of drug-likeness (QED) is 0.728. The molecule has 1 N–H and O–H groups in total. The number of benzene rings is 1. The number of hydrogen-bond donors (Lipinski definition) is 1. The maximum absolute atomic E-state index is 6.05. The topological polar surface area (TPSA) is 21.3 Å². The van der Waals surface area contributed by atoms with Crippen LogP contribution in [0.3, 0.4) is 0 Å². The maximum Gasteiger partial charge on any atom is 0.0759 e. The number of nitrogens with one attached hydrogen (secondary N) is 1. The van der Waals surface area contributed by atoms with Crippen LogP contribution < -0.4 is 5.32 Å². The second-order valence-corrected chi connectivity index (χ2v) is 6.57. The average molecular weight is 340 g/mol. The molecule has 112 valence electrons. The molecule has 3 heteroatoms. The van der Waals surface area contributed by atoms with Gasteiger partial charge < -0.3 is 10.1 Å². The smallest absolute Gasteiger partial charge is 0.0759 e. The van der Waals surface area contributed by atoms with Crippen LogP contribution >= 0.6 is 15.9 Å². The summed E-state index contributed by atoms with van der Waals surface area (Å²) < 4.78 is 7.21. The molecule has 1 aliphatic rings. The predicted octanol–water partition coefficient (Wildman–Crippen LogP) is 4.17. The Hall–Kier alpha value is -0.380. The molecule has 2 nitrogen and oxygen atoms in total. The van der Waals surface area contributed by atoms with Gasteiger partial charge in [0, 0.05) is 17.1 Å². The molecule has 1 aromatic rings. The molecule has 0 saturated heterocycles. The minimum atomic E-state index is 0.366. The lowest BCUT2D eigenvalue weighted by Gasteiger charge is -2.28. The van der Waals surface area contributed by atoms with Crippen LogP contribution in [-0.2, 0) is 11.2 Å². The van der Waals surface area contributed by atoms with Crippen LogP contribution in [0.15, 0.2) is 28.7 Å². The van der Waals surface area contributed by atoms with Crippen molar-refractivity contribution in [2.24, 2.45) is 5.92 Å². The summed E-state index contributed by atoms with van der Waals surface area (Å²) in [5.41, 5.74) is 1.37. The van der Waals surface area contributed by atoms with E-state index in [9.17, 15) is 0 Å². The summed E-state index contributed by atoms with van der Waals surface area (Å²) in [6.45, 7) is 6.19. The predicted molar refractivity (Wildman–Crippen MR) is 88.1 cm³/mol. The monoisotopic (exact) mass is 339 g/mol. The van der Waals surface area contributed by atoms with Crippen LogP contribution in [-0.4, -0.2) is 25.3 Å². The largest absolute Gasteiger partial charge is 0.377 e. The average Bonchev–Trinajstić information content (AvgIpc) is 3.25. The molecule has 1 aromatic carbocycles. The Bertz CT molecular complexity index is 406. The summed E-state index contributed by atoms with van der Waals surface area (Å²) in [5, 5.41) is 3.70. The van der Waals surface area contributed by atoms with Crippen molar-refractivity contribution in [2.45, 2.75) is 51.7 Å². The highest BCUT2D eigenvalue weighted by atomic mass is 79.9. The second kappa shape index (κ2) is 8.16. The third-order valence-electron chi connectivity index (χ3n) is 3.84. The van der Waals surface area contributed by atoms with E-state index in [2.05, 4.69) is 59.4 Å². The molecule has 1 fully saturated rings. The number of halogens is 1. The first kappa shape index (κ1) is 16.0. The molecule has 0 amide bonds. The Morgan fingerprint density at radius 3 is 2.75 bits per heavy atom. The Morgan fingerprint density at radius 2 is 2.15 bits per heavy atom. The molecule has 2 rings (SSSR count). The molecule has 0 spiro atoms. The molecule has 0 aromatic heterocycles. The lowest BCUT2D eigenvalue weighted by atomic mass is 9.98. The van der Waals surface area contributed by atoms with E-state index in [-0.39, 0.29) is 0 Å². The summed E-state index contributed by atoms with van der Waals surface area (Å²) in [6.07, 6.45) is 5.23. The zero-order chi connectivity index (χ0) is 14.4. The highest BCUT2D eigenvalue weighted by molar-refractivity contribution is 9.10. The van der Waals surface area contributed by atoms with Gasteiger partial charge in [-0.1, -0.05) is 35.0 Å². The Morgan fingerprint density at radius 1 is 1.35 bits per heavy atom. The van der Waals surface area contributed by atoms with Gasteiger partial charge in [0.05, 0.1) is 6.10 Å². The minimum Gasteiger partial charge on any atom is -0.377 e. The van der Waals surface area contributed by atoms with Gasteiger partial charge in [-0.25, -0.2) is 0 Å². The number of hydrogen-bond acceptors (Lipinski definition) is 2. The lowest BCUT2D eigenvalue weighted by molar-refractivity contribution is 0.0192. The first-order valence-electron chi connectivity index (χ1n) is 7.84. The molecular formula is C17H26BrNO. The molecular weight excluding hydrogens is 314 g/mol. The molecule has 0 radical (unpaired) electrons. The van der Waals surface area contributed by atoms with E-state index < -0.39 is 0 Å². The zero-order valence-corrected chi connectivity index (χ0v) is 14.2. The normalized spacial score (nSPS) is 17.9. The fraction of sp³-hybridized carbons (Fsp3) is 0.647. The number of ether oxygens (including phenoxy) is 1. The summed E-state index contributed by atoms with van der Waals surface area (Å²) in [5.74, 6) is 0.761. The van der Waals surface area contributed by atoms with E-state index in [1.807, 2.05) is 0 Å². The fourth-order valence-electron chi connectivity index (χ4n) is 2.75.